The predicted molar refractivity (Wildman–Crippen MR) is 130 cm³/mol. The number of benzene rings is 2. The van der Waals surface area contributed by atoms with Crippen LogP contribution in [0.5, 0.6) is 0 Å². The van der Waals surface area contributed by atoms with Crippen molar-refractivity contribution in [2.45, 2.75) is 44.5 Å². The molecule has 1 saturated heterocycles. The molecule has 1 amide bonds. The number of carbonyl (C=O) groups excluding carboxylic acids is 1. The maximum atomic E-state index is 12.5. The Kier molecular flexibility index (Phi) is 10.8. The molecule has 164 valence electrons. The van der Waals surface area contributed by atoms with Crippen molar-refractivity contribution in [1.29, 1.82) is 0 Å². The molecule has 2 atom stereocenters. The fourth-order valence-corrected chi connectivity index (χ4v) is 4.71. The van der Waals surface area contributed by atoms with Crippen molar-refractivity contribution < 1.29 is 9.53 Å². The number of ether oxygens (including phenoxy) is 1. The number of hydrogen-bond donors (Lipinski definition) is 0. The van der Waals surface area contributed by atoms with Gasteiger partial charge in [-0.15, -0.1) is 0 Å². The lowest BCUT2D eigenvalue weighted by Crippen LogP contribution is -2.50. The molecule has 0 unspecified atom stereocenters. The molecule has 1 fully saturated rings. The Labute approximate surface area is 199 Å². The summed E-state index contributed by atoms with van der Waals surface area (Å²) in [5.41, 5.74) is 1.09. The molecule has 7 heteroatoms. The van der Waals surface area contributed by atoms with Crippen molar-refractivity contribution in [2.24, 2.45) is 0 Å². The average molecular weight is 489 g/mol. The quantitative estimate of drug-likeness (QED) is 0.432. The molecule has 1 aliphatic rings. The van der Waals surface area contributed by atoms with Crippen molar-refractivity contribution in [1.82, 2.24) is 4.90 Å². The van der Waals surface area contributed by atoms with E-state index in [4.69, 9.17) is 39.5 Å². The highest BCUT2D eigenvalue weighted by Crippen LogP contribution is 2.30. The van der Waals surface area contributed by atoms with Crippen LogP contribution in [0.25, 0.3) is 0 Å². The minimum Gasteiger partial charge on any atom is -0.369 e. The molecule has 0 spiro atoms. The first kappa shape index (κ1) is 25.4. The highest BCUT2D eigenvalue weighted by molar-refractivity contribution is 7.99. The van der Waals surface area contributed by atoms with Crippen LogP contribution in [0.15, 0.2) is 48.5 Å². The highest BCUT2D eigenvalue weighted by atomic mass is 35.5. The summed E-state index contributed by atoms with van der Waals surface area (Å²) in [5, 5.41) is 2.63. The molecule has 2 aromatic rings. The van der Waals surface area contributed by atoms with Crippen molar-refractivity contribution in [3.05, 3.63) is 69.2 Å². The van der Waals surface area contributed by atoms with Crippen molar-refractivity contribution >= 4 is 52.5 Å². The van der Waals surface area contributed by atoms with E-state index in [1.807, 2.05) is 47.0 Å². The molecular formula is C23H28Cl3NO2S. The van der Waals surface area contributed by atoms with Crippen molar-refractivity contribution in [3.63, 3.8) is 0 Å². The lowest BCUT2D eigenvalue weighted by atomic mass is 10.0. The molecule has 0 saturated carbocycles. The summed E-state index contributed by atoms with van der Waals surface area (Å²) < 4.78 is 5.50. The van der Waals surface area contributed by atoms with Gasteiger partial charge < -0.3 is 9.64 Å². The number of amides is 1. The second kappa shape index (κ2) is 12.8. The zero-order valence-electron chi connectivity index (χ0n) is 17.5. The molecule has 1 aliphatic heterocycles. The van der Waals surface area contributed by atoms with Gasteiger partial charge in [0.15, 0.2) is 0 Å². The average Bonchev–Trinajstić information content (AvgIpc) is 2.70. The number of rotatable bonds is 6. The summed E-state index contributed by atoms with van der Waals surface area (Å²) in [6.45, 7) is 7.26. The molecule has 0 aliphatic carbocycles. The van der Waals surface area contributed by atoms with Gasteiger partial charge in [0.2, 0.25) is 5.91 Å². The normalized spacial score (nSPS) is 17.5. The van der Waals surface area contributed by atoms with Crippen LogP contribution in [0.4, 0.5) is 0 Å². The number of halogens is 3. The number of morpholine rings is 1. The Balaban J connectivity index is 0.000000335. The van der Waals surface area contributed by atoms with Gasteiger partial charge in [0.1, 0.15) is 6.61 Å². The van der Waals surface area contributed by atoms with Crippen LogP contribution in [-0.4, -0.2) is 41.1 Å². The Hall–Kier alpha value is -0.910. The van der Waals surface area contributed by atoms with Gasteiger partial charge in [-0.3, -0.25) is 4.79 Å². The Morgan fingerprint density at radius 3 is 2.20 bits per heavy atom. The fraction of sp³-hybridized carbons (Fsp3) is 0.435. The number of thioether (sulfide) groups is 1. The fourth-order valence-electron chi connectivity index (χ4n) is 3.14. The topological polar surface area (TPSA) is 29.5 Å². The Bertz CT molecular complexity index is 784. The molecule has 2 aromatic carbocycles. The van der Waals surface area contributed by atoms with Gasteiger partial charge >= 0.3 is 0 Å². The summed E-state index contributed by atoms with van der Waals surface area (Å²) >= 11 is 19.0. The van der Waals surface area contributed by atoms with Gasteiger partial charge in [-0.05, 0) is 47.6 Å². The smallest absolute Gasteiger partial charge is 0.249 e. The molecule has 0 aromatic heterocycles. The van der Waals surface area contributed by atoms with E-state index >= 15 is 0 Å². The van der Waals surface area contributed by atoms with Crippen LogP contribution in [0.3, 0.4) is 0 Å². The van der Waals surface area contributed by atoms with E-state index in [1.165, 1.54) is 0 Å². The maximum absolute atomic E-state index is 12.5. The van der Waals surface area contributed by atoms with Crippen LogP contribution in [0.2, 0.25) is 15.1 Å². The predicted octanol–water partition coefficient (Wildman–Crippen LogP) is 7.15. The number of carbonyl (C=O) groups is 1. The van der Waals surface area contributed by atoms with Gasteiger partial charge in [0.25, 0.3) is 0 Å². The largest absolute Gasteiger partial charge is 0.369 e. The van der Waals surface area contributed by atoms with E-state index in [0.29, 0.717) is 26.9 Å². The van der Waals surface area contributed by atoms with Gasteiger partial charge in [-0.2, -0.15) is 11.8 Å². The molecule has 30 heavy (non-hydrogen) atoms. The molecular weight excluding hydrogens is 461 g/mol. The van der Waals surface area contributed by atoms with Crippen LogP contribution >= 0.6 is 46.6 Å². The highest BCUT2D eigenvalue weighted by Gasteiger charge is 2.34. The second-order valence-electron chi connectivity index (χ2n) is 7.27. The van der Waals surface area contributed by atoms with Gasteiger partial charge in [0, 0.05) is 26.9 Å². The SMILES string of the molecule is CC[C@@H](CSC(C)C)N1C(=O)COC[C@H]1c1ccc(Cl)cc1.Clc1cccc(Cl)c1. The Morgan fingerprint density at radius 2 is 1.70 bits per heavy atom. The molecule has 3 nitrogen and oxygen atoms in total. The molecule has 1 heterocycles. The zero-order valence-corrected chi connectivity index (χ0v) is 20.6. The molecule has 0 N–H and O–H groups in total. The van der Waals surface area contributed by atoms with E-state index in [1.54, 1.807) is 18.2 Å². The van der Waals surface area contributed by atoms with Gasteiger partial charge in [-0.25, -0.2) is 0 Å². The van der Waals surface area contributed by atoms with Crippen LogP contribution in [0, 0.1) is 0 Å². The van der Waals surface area contributed by atoms with E-state index in [9.17, 15) is 4.79 Å². The van der Waals surface area contributed by atoms with E-state index < -0.39 is 0 Å². The van der Waals surface area contributed by atoms with Gasteiger partial charge in [-0.1, -0.05) is 73.8 Å². The zero-order chi connectivity index (χ0) is 22.1. The Morgan fingerprint density at radius 1 is 1.07 bits per heavy atom. The standard InChI is InChI=1S/C17H24ClNO2S.C6H4Cl2/c1-4-15(11-22-12(2)3)19-16(9-21-10-17(19)20)13-5-7-14(18)8-6-13;7-5-2-1-3-6(8)4-5/h5-8,12,15-16H,4,9-11H2,1-3H3;1-4H/t15-,16-;/m0./s1. The first-order chi connectivity index (χ1) is 14.3. The third kappa shape index (κ3) is 7.97. The molecule has 0 bridgehead atoms. The van der Waals surface area contributed by atoms with Crippen LogP contribution < -0.4 is 0 Å². The van der Waals surface area contributed by atoms with E-state index in [0.717, 1.165) is 17.7 Å². The van der Waals surface area contributed by atoms with E-state index in [2.05, 4.69) is 20.8 Å². The van der Waals surface area contributed by atoms with Crippen LogP contribution in [-0.2, 0) is 9.53 Å². The lowest BCUT2D eigenvalue weighted by Gasteiger charge is -2.41. The first-order valence-electron chi connectivity index (χ1n) is 9.98. The molecule has 3 rings (SSSR count). The van der Waals surface area contributed by atoms with Crippen molar-refractivity contribution in [2.75, 3.05) is 19.0 Å². The summed E-state index contributed by atoms with van der Waals surface area (Å²) in [6.07, 6.45) is 0.954. The van der Waals surface area contributed by atoms with Crippen molar-refractivity contribution in [3.8, 4) is 0 Å². The van der Waals surface area contributed by atoms with E-state index in [-0.39, 0.29) is 24.6 Å². The lowest BCUT2D eigenvalue weighted by molar-refractivity contribution is -0.151. The minimum absolute atomic E-state index is 0.0174. The minimum atomic E-state index is -0.0174. The number of nitrogens with zero attached hydrogens (tertiary/aromatic N) is 1. The summed E-state index contributed by atoms with van der Waals surface area (Å²) in [4.78, 5) is 14.5. The third-order valence-corrected chi connectivity index (χ3v) is 6.62. The monoisotopic (exact) mass is 487 g/mol. The third-order valence-electron chi connectivity index (χ3n) is 4.65. The first-order valence-corrected chi connectivity index (χ1v) is 12.2. The van der Waals surface area contributed by atoms with Gasteiger partial charge in [0.05, 0.1) is 12.6 Å². The number of hydrogen-bond acceptors (Lipinski definition) is 3. The molecule has 0 radical (unpaired) electrons. The maximum Gasteiger partial charge on any atom is 0.249 e. The summed E-state index contributed by atoms with van der Waals surface area (Å²) in [6, 6.07) is 15.0. The summed E-state index contributed by atoms with van der Waals surface area (Å²) in [5.74, 6) is 1.05. The summed E-state index contributed by atoms with van der Waals surface area (Å²) in [7, 11) is 0. The van der Waals surface area contributed by atoms with Crippen LogP contribution in [0.1, 0.15) is 38.8 Å². The second-order valence-corrected chi connectivity index (χ2v) is 10.2.